The van der Waals surface area contributed by atoms with Crippen molar-refractivity contribution in [2.24, 2.45) is 10.2 Å². The number of aromatic nitrogens is 1. The molecule has 0 saturated heterocycles. The number of hydrogen-bond donors (Lipinski definition) is 1. The van der Waals surface area contributed by atoms with Crippen LogP contribution in [0.3, 0.4) is 0 Å². The lowest BCUT2D eigenvalue weighted by atomic mass is 10.0. The van der Waals surface area contributed by atoms with Crippen LogP contribution in [0.4, 0.5) is 0 Å². The predicted octanol–water partition coefficient (Wildman–Crippen LogP) is 6.68. The van der Waals surface area contributed by atoms with Crippen molar-refractivity contribution in [3.05, 3.63) is 75.3 Å². The molecule has 0 aliphatic carbocycles. The summed E-state index contributed by atoms with van der Waals surface area (Å²) in [6.07, 6.45) is 2.34. The van der Waals surface area contributed by atoms with Crippen molar-refractivity contribution < 1.29 is 9.90 Å². The van der Waals surface area contributed by atoms with Gasteiger partial charge in [0.15, 0.2) is 0 Å². The van der Waals surface area contributed by atoms with E-state index >= 15 is 0 Å². The third-order valence-electron chi connectivity index (χ3n) is 4.28. The van der Waals surface area contributed by atoms with Crippen LogP contribution in [0.15, 0.2) is 52.7 Å². The number of carboxylic acids is 1. The number of aromatic carboxylic acids is 1. The molecular weight excluding hydrogens is 406 g/mol. The van der Waals surface area contributed by atoms with Crippen LogP contribution in [-0.2, 0) is 6.42 Å². The second-order valence-corrected chi connectivity index (χ2v) is 7.68. The van der Waals surface area contributed by atoms with Gasteiger partial charge in [-0.2, -0.15) is 10.2 Å². The smallest absolute Gasteiger partial charge is 0.347 e. The maximum absolute atomic E-state index is 11.1. The van der Waals surface area contributed by atoms with Gasteiger partial charge in [-0.1, -0.05) is 61.4 Å². The van der Waals surface area contributed by atoms with Crippen molar-refractivity contribution in [1.29, 1.82) is 0 Å². The highest BCUT2D eigenvalue weighted by Crippen LogP contribution is 2.29. The van der Waals surface area contributed by atoms with Gasteiger partial charge in [-0.05, 0) is 44.9 Å². The molecule has 0 fully saturated rings. The normalized spacial score (nSPS) is 10.0. The van der Waals surface area contributed by atoms with E-state index < -0.39 is 5.97 Å². The van der Waals surface area contributed by atoms with Crippen molar-refractivity contribution in [2.45, 2.75) is 48.0 Å². The minimum absolute atomic E-state index is 0.282. The van der Waals surface area contributed by atoms with E-state index in [9.17, 15) is 4.79 Å². The first-order valence-corrected chi connectivity index (χ1v) is 10.9. The third kappa shape index (κ3) is 8.26. The van der Waals surface area contributed by atoms with E-state index in [0.29, 0.717) is 17.1 Å². The van der Waals surface area contributed by atoms with Crippen LogP contribution in [0, 0.1) is 27.7 Å². The molecule has 1 aromatic heterocycles. The van der Waals surface area contributed by atoms with Gasteiger partial charge in [0.2, 0.25) is 0 Å². The van der Waals surface area contributed by atoms with Crippen LogP contribution in [0.25, 0.3) is 10.6 Å². The zero-order chi connectivity index (χ0) is 23.4. The Morgan fingerprint density at radius 3 is 2.13 bits per heavy atom. The molecule has 31 heavy (non-hydrogen) atoms. The van der Waals surface area contributed by atoms with Gasteiger partial charge in [-0.3, -0.25) is 0 Å². The van der Waals surface area contributed by atoms with Crippen LogP contribution < -0.4 is 0 Å². The molecule has 0 aliphatic rings. The fourth-order valence-electron chi connectivity index (χ4n) is 2.58. The maximum atomic E-state index is 11.1. The van der Waals surface area contributed by atoms with Crippen LogP contribution in [0.1, 0.15) is 51.5 Å². The molecule has 0 aliphatic heterocycles. The number of carboxylic acid groups (broad SMARTS) is 1. The number of nitrogens with zero attached hydrogens (tertiary/aromatic N) is 3. The van der Waals surface area contributed by atoms with Crippen molar-refractivity contribution >= 4 is 30.2 Å². The number of rotatable bonds is 5. The van der Waals surface area contributed by atoms with Gasteiger partial charge in [0.1, 0.15) is 9.88 Å². The molecule has 0 unspecified atom stereocenters. The molecule has 3 rings (SSSR count). The minimum Gasteiger partial charge on any atom is -0.477 e. The summed E-state index contributed by atoms with van der Waals surface area (Å²) in [4.78, 5) is 15.7. The van der Waals surface area contributed by atoms with E-state index in [1.165, 1.54) is 22.5 Å². The molecule has 0 radical (unpaired) electrons. The van der Waals surface area contributed by atoms with Gasteiger partial charge < -0.3 is 5.11 Å². The van der Waals surface area contributed by atoms with Crippen LogP contribution in [0.2, 0.25) is 0 Å². The first-order valence-electron chi connectivity index (χ1n) is 10.1. The molecule has 0 spiro atoms. The monoisotopic (exact) mass is 437 g/mol. The average Bonchev–Trinajstić information content (AvgIpc) is 3.15. The minimum atomic E-state index is -0.937. The van der Waals surface area contributed by atoms with E-state index in [1.54, 1.807) is 13.1 Å². The fourth-order valence-corrected chi connectivity index (χ4v) is 3.48. The Morgan fingerprint density at radius 2 is 1.65 bits per heavy atom. The van der Waals surface area contributed by atoms with E-state index in [0.717, 1.165) is 16.7 Å². The number of benzene rings is 2. The Bertz CT molecular complexity index is 1000. The Balaban J connectivity index is 0.000000400. The maximum Gasteiger partial charge on any atom is 0.347 e. The second kappa shape index (κ2) is 13.2. The topological polar surface area (TPSA) is 74.9 Å². The molecule has 0 atom stereocenters. The summed E-state index contributed by atoms with van der Waals surface area (Å²) < 4.78 is 0. The van der Waals surface area contributed by atoms with Crippen LogP contribution in [-0.4, -0.2) is 29.0 Å². The Labute approximate surface area is 189 Å². The molecular formula is C25H31N3O2S. The molecule has 0 bridgehead atoms. The van der Waals surface area contributed by atoms with Gasteiger partial charge >= 0.3 is 5.97 Å². The lowest BCUT2D eigenvalue weighted by Crippen LogP contribution is -1.94. The van der Waals surface area contributed by atoms with E-state index in [4.69, 9.17) is 5.11 Å². The van der Waals surface area contributed by atoms with Crippen molar-refractivity contribution in [3.8, 4) is 10.6 Å². The highest BCUT2D eigenvalue weighted by atomic mass is 32.1. The SMILES string of the molecule is C=N/N=C\Cc1cc(-c2nc(C)c(C(=O)O)s2)ccc1C.CC.Cc1ccc(C)cc1. The summed E-state index contributed by atoms with van der Waals surface area (Å²) in [5, 5.41) is 17.0. The summed E-state index contributed by atoms with van der Waals surface area (Å²) in [7, 11) is 0. The third-order valence-corrected chi connectivity index (χ3v) is 5.47. The molecule has 5 nitrogen and oxygen atoms in total. The summed E-state index contributed by atoms with van der Waals surface area (Å²) in [6, 6.07) is 14.4. The van der Waals surface area contributed by atoms with Gasteiger partial charge in [-0.15, -0.1) is 11.3 Å². The van der Waals surface area contributed by atoms with Crippen LogP contribution >= 0.6 is 11.3 Å². The summed E-state index contributed by atoms with van der Waals surface area (Å²) in [5.41, 5.74) is 6.36. The molecule has 1 heterocycles. The number of hydrogen-bond acceptors (Lipinski definition) is 5. The van der Waals surface area contributed by atoms with E-state index in [2.05, 4.69) is 60.0 Å². The van der Waals surface area contributed by atoms with Gasteiger partial charge in [0.25, 0.3) is 0 Å². The van der Waals surface area contributed by atoms with E-state index in [-0.39, 0.29) is 4.88 Å². The molecule has 0 amide bonds. The van der Waals surface area contributed by atoms with Gasteiger partial charge in [-0.25, -0.2) is 9.78 Å². The quantitative estimate of drug-likeness (QED) is 0.357. The standard InChI is InChI=1S/C15H15N3O2S.C8H10.C2H6/c1-9-4-5-12(8-11(9)6-7-17-16-3)14-18-10(2)13(21-14)15(19)20;1-7-3-5-8(2)6-4-7;1-2/h4-5,7-8H,3,6H2,1-2H3,(H,19,20);3-6H,1-2H3;1-2H3/b17-7-;;. The zero-order valence-corrected chi connectivity index (χ0v) is 20.0. The second-order valence-electron chi connectivity index (χ2n) is 6.68. The van der Waals surface area contributed by atoms with Gasteiger partial charge in [0, 0.05) is 24.9 Å². The number of carbonyl (C=O) groups is 1. The van der Waals surface area contributed by atoms with Crippen LogP contribution in [0.5, 0.6) is 0 Å². The molecule has 164 valence electrons. The molecule has 6 heteroatoms. The molecule has 0 saturated carbocycles. The molecule has 1 N–H and O–H groups in total. The summed E-state index contributed by atoms with van der Waals surface area (Å²) >= 11 is 1.19. The highest BCUT2D eigenvalue weighted by Gasteiger charge is 2.15. The highest BCUT2D eigenvalue weighted by molar-refractivity contribution is 7.17. The Morgan fingerprint density at radius 1 is 1.06 bits per heavy atom. The van der Waals surface area contributed by atoms with Crippen molar-refractivity contribution in [1.82, 2.24) is 4.98 Å². The number of aryl methyl sites for hydroxylation is 4. The molecule has 3 aromatic rings. The largest absolute Gasteiger partial charge is 0.477 e. The van der Waals surface area contributed by atoms with Crippen molar-refractivity contribution in [3.63, 3.8) is 0 Å². The van der Waals surface area contributed by atoms with Gasteiger partial charge in [0.05, 0.1) is 5.69 Å². The zero-order valence-electron chi connectivity index (χ0n) is 19.1. The summed E-state index contributed by atoms with van der Waals surface area (Å²) in [5.74, 6) is -0.937. The van der Waals surface area contributed by atoms with Crippen molar-refractivity contribution in [2.75, 3.05) is 0 Å². The predicted molar refractivity (Wildman–Crippen MR) is 133 cm³/mol. The van der Waals surface area contributed by atoms with E-state index in [1.807, 2.05) is 39.0 Å². The lowest BCUT2D eigenvalue weighted by molar-refractivity contribution is 0.0701. The average molecular weight is 438 g/mol. The molecule has 2 aromatic carbocycles. The Hall–Kier alpha value is -3.12. The fraction of sp³-hybridized carbons (Fsp3) is 0.280. The first kappa shape index (κ1) is 25.9. The number of thiazole rings is 1. The first-order chi connectivity index (χ1) is 14.8. The summed E-state index contributed by atoms with van der Waals surface area (Å²) in [6.45, 7) is 15.2. The Kier molecular flexibility index (Phi) is 11.1. The lowest BCUT2D eigenvalue weighted by Gasteiger charge is -2.04.